The van der Waals surface area contributed by atoms with Gasteiger partial charge in [0, 0.05) is 13.0 Å². The number of hydrogen-bond acceptors (Lipinski definition) is 4. The van der Waals surface area contributed by atoms with E-state index < -0.39 is 0 Å². The van der Waals surface area contributed by atoms with E-state index in [-0.39, 0.29) is 6.10 Å². The monoisotopic (exact) mass is 329 g/mol. The van der Waals surface area contributed by atoms with Crippen molar-refractivity contribution in [2.45, 2.75) is 12.5 Å². The van der Waals surface area contributed by atoms with Crippen molar-refractivity contribution >= 4 is 0 Å². The first-order chi connectivity index (χ1) is 11.6. The van der Waals surface area contributed by atoms with Crippen LogP contribution in [0.5, 0.6) is 11.5 Å². The highest BCUT2D eigenvalue weighted by molar-refractivity contribution is 5.31. The topological polar surface area (TPSA) is 30.9 Å². The van der Waals surface area contributed by atoms with Crippen LogP contribution in [0.2, 0.25) is 0 Å². The lowest BCUT2D eigenvalue weighted by atomic mass is 10.0. The third-order valence-corrected chi connectivity index (χ3v) is 3.93. The van der Waals surface area contributed by atoms with Gasteiger partial charge in [-0.3, -0.25) is 0 Å². The molecule has 1 unspecified atom stereocenters. The second-order valence-electron chi connectivity index (χ2n) is 5.99. The van der Waals surface area contributed by atoms with E-state index in [0.717, 1.165) is 30.0 Å². The van der Waals surface area contributed by atoms with Crippen LogP contribution in [-0.2, 0) is 11.2 Å². The van der Waals surface area contributed by atoms with Gasteiger partial charge in [0.15, 0.2) is 0 Å². The van der Waals surface area contributed by atoms with Crippen LogP contribution >= 0.6 is 0 Å². The van der Waals surface area contributed by atoms with Crippen molar-refractivity contribution in [2.24, 2.45) is 0 Å². The summed E-state index contributed by atoms with van der Waals surface area (Å²) in [5, 5.41) is 0. The SMILES string of the molecule is COc1ccc(CC(OCCN(C)C)c2ccc(OC)cc2)cc1. The fraction of sp³-hybridized carbons (Fsp3) is 0.400. The minimum absolute atomic E-state index is 0.0178. The number of nitrogens with zero attached hydrogens (tertiary/aromatic N) is 1. The highest BCUT2D eigenvalue weighted by Gasteiger charge is 2.14. The molecule has 4 nitrogen and oxygen atoms in total. The molecule has 0 bridgehead atoms. The molecule has 4 heteroatoms. The maximum absolute atomic E-state index is 6.16. The number of likely N-dealkylation sites (N-methyl/N-ethyl adjacent to an activating group) is 1. The third-order valence-electron chi connectivity index (χ3n) is 3.93. The zero-order valence-electron chi connectivity index (χ0n) is 15.0. The molecule has 0 saturated carbocycles. The van der Waals surface area contributed by atoms with Gasteiger partial charge in [-0.1, -0.05) is 24.3 Å². The molecule has 0 heterocycles. The zero-order chi connectivity index (χ0) is 17.4. The molecule has 0 aromatic heterocycles. The van der Waals surface area contributed by atoms with Crippen LogP contribution in [0.15, 0.2) is 48.5 Å². The van der Waals surface area contributed by atoms with Crippen LogP contribution in [0.4, 0.5) is 0 Å². The van der Waals surface area contributed by atoms with Crippen molar-refractivity contribution in [3.8, 4) is 11.5 Å². The normalized spacial score (nSPS) is 12.2. The number of methoxy groups -OCH3 is 2. The smallest absolute Gasteiger partial charge is 0.118 e. The maximum Gasteiger partial charge on any atom is 0.118 e. The van der Waals surface area contributed by atoms with Crippen molar-refractivity contribution in [3.05, 3.63) is 59.7 Å². The Hall–Kier alpha value is -2.04. The number of hydrogen-bond donors (Lipinski definition) is 0. The van der Waals surface area contributed by atoms with Crippen molar-refractivity contribution in [2.75, 3.05) is 41.5 Å². The maximum atomic E-state index is 6.16. The molecule has 2 aromatic carbocycles. The van der Waals surface area contributed by atoms with E-state index in [4.69, 9.17) is 14.2 Å². The van der Waals surface area contributed by atoms with Crippen molar-refractivity contribution < 1.29 is 14.2 Å². The van der Waals surface area contributed by atoms with E-state index in [9.17, 15) is 0 Å². The minimum atomic E-state index is 0.0178. The molecule has 2 aromatic rings. The van der Waals surface area contributed by atoms with E-state index in [1.54, 1.807) is 14.2 Å². The second kappa shape index (κ2) is 9.30. The highest BCUT2D eigenvalue weighted by atomic mass is 16.5. The molecule has 24 heavy (non-hydrogen) atoms. The fourth-order valence-electron chi connectivity index (χ4n) is 2.44. The van der Waals surface area contributed by atoms with Crippen LogP contribution in [0.3, 0.4) is 0 Å². The molecule has 0 aliphatic rings. The molecule has 0 amide bonds. The van der Waals surface area contributed by atoms with Gasteiger partial charge in [0.25, 0.3) is 0 Å². The molecule has 0 N–H and O–H groups in total. The van der Waals surface area contributed by atoms with Gasteiger partial charge in [-0.25, -0.2) is 0 Å². The van der Waals surface area contributed by atoms with Gasteiger partial charge in [-0.2, -0.15) is 0 Å². The van der Waals surface area contributed by atoms with Gasteiger partial charge in [0.2, 0.25) is 0 Å². The first-order valence-corrected chi connectivity index (χ1v) is 8.15. The molecule has 0 radical (unpaired) electrons. The largest absolute Gasteiger partial charge is 0.497 e. The Balaban J connectivity index is 2.10. The number of rotatable bonds is 9. The molecule has 0 aliphatic heterocycles. The second-order valence-corrected chi connectivity index (χ2v) is 5.99. The Morgan fingerprint density at radius 2 is 1.38 bits per heavy atom. The fourth-order valence-corrected chi connectivity index (χ4v) is 2.44. The summed E-state index contributed by atoms with van der Waals surface area (Å²) in [6.07, 6.45) is 0.841. The Kier molecular flexibility index (Phi) is 7.09. The summed E-state index contributed by atoms with van der Waals surface area (Å²) >= 11 is 0. The summed E-state index contributed by atoms with van der Waals surface area (Å²) in [7, 11) is 7.46. The average Bonchev–Trinajstić information content (AvgIpc) is 2.61. The van der Waals surface area contributed by atoms with Gasteiger partial charge in [0.05, 0.1) is 26.9 Å². The number of ether oxygens (including phenoxy) is 3. The van der Waals surface area contributed by atoms with Gasteiger partial charge >= 0.3 is 0 Å². The van der Waals surface area contributed by atoms with Crippen LogP contribution in [-0.4, -0.2) is 46.4 Å². The van der Waals surface area contributed by atoms with Crippen molar-refractivity contribution in [1.29, 1.82) is 0 Å². The third kappa shape index (κ3) is 5.55. The summed E-state index contributed by atoms with van der Waals surface area (Å²) in [5.74, 6) is 1.73. The minimum Gasteiger partial charge on any atom is -0.497 e. The quantitative estimate of drug-likeness (QED) is 0.704. The predicted octanol–water partition coefficient (Wildman–Crippen LogP) is 3.57. The van der Waals surface area contributed by atoms with E-state index in [0.29, 0.717) is 6.61 Å². The average molecular weight is 329 g/mol. The lowest BCUT2D eigenvalue weighted by molar-refractivity contribution is 0.0436. The summed E-state index contributed by atoms with van der Waals surface area (Å²) in [4.78, 5) is 2.12. The molecule has 0 saturated heterocycles. The van der Waals surface area contributed by atoms with Gasteiger partial charge < -0.3 is 19.1 Å². The molecule has 1 atom stereocenters. The number of benzene rings is 2. The molecule has 2 rings (SSSR count). The lowest BCUT2D eigenvalue weighted by Gasteiger charge is -2.20. The van der Waals surface area contributed by atoms with Crippen LogP contribution in [0.25, 0.3) is 0 Å². The molecular formula is C20H27NO3. The Bertz CT molecular complexity index is 593. The standard InChI is InChI=1S/C20H27NO3/c1-21(2)13-14-24-20(17-7-11-19(23-4)12-8-17)15-16-5-9-18(22-3)10-6-16/h5-12,20H,13-15H2,1-4H3. The van der Waals surface area contributed by atoms with Gasteiger partial charge in [0.1, 0.15) is 11.5 Å². The van der Waals surface area contributed by atoms with E-state index in [2.05, 4.69) is 43.3 Å². The Labute approximate surface area is 145 Å². The summed E-state index contributed by atoms with van der Waals surface area (Å²) in [5.41, 5.74) is 2.38. The van der Waals surface area contributed by atoms with E-state index >= 15 is 0 Å². The summed E-state index contributed by atoms with van der Waals surface area (Å²) < 4.78 is 16.6. The summed E-state index contributed by atoms with van der Waals surface area (Å²) in [6, 6.07) is 16.2. The molecular weight excluding hydrogens is 302 g/mol. The Morgan fingerprint density at radius 1 is 0.833 bits per heavy atom. The van der Waals surface area contributed by atoms with Crippen molar-refractivity contribution in [3.63, 3.8) is 0 Å². The molecule has 0 aliphatic carbocycles. The Morgan fingerprint density at radius 3 is 1.88 bits per heavy atom. The van der Waals surface area contributed by atoms with Gasteiger partial charge in [-0.15, -0.1) is 0 Å². The first kappa shape index (κ1) is 18.3. The first-order valence-electron chi connectivity index (χ1n) is 8.15. The predicted molar refractivity (Wildman–Crippen MR) is 96.9 cm³/mol. The van der Waals surface area contributed by atoms with E-state index in [1.165, 1.54) is 5.56 Å². The van der Waals surface area contributed by atoms with Crippen LogP contribution in [0.1, 0.15) is 17.2 Å². The summed E-state index contributed by atoms with van der Waals surface area (Å²) in [6.45, 7) is 1.59. The lowest BCUT2D eigenvalue weighted by Crippen LogP contribution is -2.20. The molecule has 0 spiro atoms. The molecule has 0 fully saturated rings. The van der Waals surface area contributed by atoms with E-state index in [1.807, 2.05) is 24.3 Å². The highest BCUT2D eigenvalue weighted by Crippen LogP contribution is 2.25. The molecule has 130 valence electrons. The zero-order valence-corrected chi connectivity index (χ0v) is 15.0. The van der Waals surface area contributed by atoms with Gasteiger partial charge in [-0.05, 0) is 49.5 Å². The van der Waals surface area contributed by atoms with Crippen LogP contribution in [0, 0.1) is 0 Å². The van der Waals surface area contributed by atoms with Crippen LogP contribution < -0.4 is 9.47 Å². The van der Waals surface area contributed by atoms with Crippen molar-refractivity contribution in [1.82, 2.24) is 4.90 Å².